The van der Waals surface area contributed by atoms with Crippen molar-refractivity contribution in [1.82, 2.24) is 5.43 Å². The summed E-state index contributed by atoms with van der Waals surface area (Å²) in [5, 5.41) is 1.48. The lowest BCUT2D eigenvalue weighted by atomic mass is 10.3. The third kappa shape index (κ3) is 3.50. The number of hydrogen-bond donors (Lipinski definition) is 2. The molecular weight excluding hydrogens is 366 g/mol. The number of urea groups is 1. The van der Waals surface area contributed by atoms with E-state index < -0.39 is 11.9 Å². The Morgan fingerprint density at radius 3 is 2.35 bits per heavy atom. The van der Waals surface area contributed by atoms with Crippen LogP contribution in [0.25, 0.3) is 0 Å². The van der Waals surface area contributed by atoms with Crippen LogP contribution in [0.15, 0.2) is 40.2 Å². The number of thiophene rings is 1. The van der Waals surface area contributed by atoms with Crippen molar-refractivity contribution >= 4 is 56.5 Å². The standard InChI is InChI=1S/C12H9BrClN3O2S/c13-10-6-5-9(20-10)11(18)16-17(12(15)19)8-3-1-7(14)2-4-8/h1-6H,(H2,15,19)(H,16,18). The van der Waals surface area contributed by atoms with Crippen LogP contribution in [0.1, 0.15) is 9.67 Å². The molecule has 20 heavy (non-hydrogen) atoms. The van der Waals surface area contributed by atoms with Gasteiger partial charge < -0.3 is 5.73 Å². The van der Waals surface area contributed by atoms with Gasteiger partial charge >= 0.3 is 6.03 Å². The van der Waals surface area contributed by atoms with E-state index in [0.717, 1.165) is 8.80 Å². The Kier molecular flexibility index (Phi) is 4.64. The lowest BCUT2D eigenvalue weighted by Crippen LogP contribution is -2.49. The molecule has 3 N–H and O–H groups in total. The van der Waals surface area contributed by atoms with Gasteiger partial charge in [-0.25, -0.2) is 9.80 Å². The number of halogens is 2. The van der Waals surface area contributed by atoms with Crippen LogP contribution in [0.5, 0.6) is 0 Å². The Bertz CT molecular complexity index is 644. The normalized spacial score (nSPS) is 10.1. The van der Waals surface area contributed by atoms with Gasteiger partial charge in [-0.15, -0.1) is 11.3 Å². The van der Waals surface area contributed by atoms with E-state index in [1.165, 1.54) is 11.3 Å². The van der Waals surface area contributed by atoms with E-state index in [1.54, 1.807) is 36.4 Å². The van der Waals surface area contributed by atoms with Crippen LogP contribution in [0.2, 0.25) is 5.02 Å². The highest BCUT2D eigenvalue weighted by molar-refractivity contribution is 9.11. The molecule has 104 valence electrons. The minimum absolute atomic E-state index is 0.422. The SMILES string of the molecule is NC(=O)N(NC(=O)c1ccc(Br)s1)c1ccc(Cl)cc1. The molecule has 3 amide bonds. The Labute approximate surface area is 132 Å². The fourth-order valence-corrected chi connectivity index (χ4v) is 2.83. The van der Waals surface area contributed by atoms with Crippen LogP contribution >= 0.6 is 38.9 Å². The lowest BCUT2D eigenvalue weighted by Gasteiger charge is -2.20. The molecule has 1 aromatic carbocycles. The van der Waals surface area contributed by atoms with Crippen molar-refractivity contribution in [2.75, 3.05) is 5.01 Å². The maximum atomic E-state index is 12.0. The molecule has 0 radical (unpaired) electrons. The fraction of sp³-hybridized carbons (Fsp3) is 0. The summed E-state index contributed by atoms with van der Waals surface area (Å²) in [6.45, 7) is 0. The van der Waals surface area contributed by atoms with Gasteiger partial charge in [0.25, 0.3) is 5.91 Å². The molecule has 0 saturated heterocycles. The van der Waals surface area contributed by atoms with Crippen LogP contribution < -0.4 is 16.2 Å². The second-order valence-electron chi connectivity index (χ2n) is 3.69. The number of anilines is 1. The number of hydrogen-bond acceptors (Lipinski definition) is 3. The monoisotopic (exact) mass is 373 g/mol. The number of nitrogens with two attached hydrogens (primary N) is 1. The van der Waals surface area contributed by atoms with Crippen molar-refractivity contribution in [3.8, 4) is 0 Å². The van der Waals surface area contributed by atoms with Gasteiger partial charge in [0.05, 0.1) is 14.4 Å². The molecule has 0 unspecified atom stereocenters. The Morgan fingerprint density at radius 1 is 1.20 bits per heavy atom. The third-order valence-electron chi connectivity index (χ3n) is 2.32. The van der Waals surface area contributed by atoms with Gasteiger partial charge in [0.2, 0.25) is 0 Å². The van der Waals surface area contributed by atoms with Crippen molar-refractivity contribution in [2.24, 2.45) is 5.73 Å². The summed E-state index contributed by atoms with van der Waals surface area (Å²) in [7, 11) is 0. The summed E-state index contributed by atoms with van der Waals surface area (Å²) < 4.78 is 0.819. The van der Waals surface area contributed by atoms with Crippen LogP contribution in [-0.2, 0) is 0 Å². The van der Waals surface area contributed by atoms with Gasteiger partial charge in [-0.1, -0.05) is 11.6 Å². The average molecular weight is 375 g/mol. The molecule has 1 aromatic heterocycles. The van der Waals surface area contributed by atoms with Crippen LogP contribution in [0.4, 0.5) is 10.5 Å². The number of carbonyl (C=O) groups excluding carboxylic acids is 2. The molecule has 0 spiro atoms. The van der Waals surface area contributed by atoms with E-state index in [4.69, 9.17) is 17.3 Å². The van der Waals surface area contributed by atoms with Gasteiger partial charge in [0.1, 0.15) is 0 Å². The number of nitrogens with zero attached hydrogens (tertiary/aromatic N) is 1. The number of rotatable bonds is 2. The predicted molar refractivity (Wildman–Crippen MR) is 83.0 cm³/mol. The van der Waals surface area contributed by atoms with Crippen molar-refractivity contribution in [3.05, 3.63) is 50.1 Å². The highest BCUT2D eigenvalue weighted by atomic mass is 79.9. The van der Waals surface area contributed by atoms with Crippen LogP contribution in [0, 0.1) is 0 Å². The molecular formula is C12H9BrClN3O2S. The topological polar surface area (TPSA) is 75.4 Å². The highest BCUT2D eigenvalue weighted by Crippen LogP contribution is 2.22. The zero-order valence-electron chi connectivity index (χ0n) is 9.97. The van der Waals surface area contributed by atoms with Gasteiger partial charge in [0.15, 0.2) is 0 Å². The van der Waals surface area contributed by atoms with E-state index in [9.17, 15) is 9.59 Å². The Balaban J connectivity index is 2.20. The number of primary amides is 1. The molecule has 0 aliphatic carbocycles. The molecule has 0 atom stereocenters. The zero-order chi connectivity index (χ0) is 14.7. The van der Waals surface area contributed by atoms with Crippen LogP contribution in [-0.4, -0.2) is 11.9 Å². The predicted octanol–water partition coefficient (Wildman–Crippen LogP) is 3.39. The average Bonchev–Trinajstić information content (AvgIpc) is 2.83. The number of carbonyl (C=O) groups is 2. The first-order chi connectivity index (χ1) is 9.47. The Hall–Kier alpha value is -1.57. The largest absolute Gasteiger partial charge is 0.350 e. The lowest BCUT2D eigenvalue weighted by molar-refractivity contribution is 0.0955. The van der Waals surface area contributed by atoms with E-state index in [0.29, 0.717) is 15.6 Å². The zero-order valence-corrected chi connectivity index (χ0v) is 13.1. The molecule has 1 heterocycles. The molecule has 8 heteroatoms. The quantitative estimate of drug-likeness (QED) is 0.791. The fourth-order valence-electron chi connectivity index (χ4n) is 1.43. The molecule has 0 fully saturated rings. The first kappa shape index (κ1) is 14.8. The van der Waals surface area contributed by atoms with Gasteiger partial charge in [0, 0.05) is 5.02 Å². The number of benzene rings is 1. The second-order valence-corrected chi connectivity index (χ2v) is 6.59. The Morgan fingerprint density at radius 2 is 1.85 bits per heavy atom. The maximum absolute atomic E-state index is 12.0. The minimum atomic E-state index is -0.795. The summed E-state index contributed by atoms with van der Waals surface area (Å²) in [4.78, 5) is 23.9. The second kappa shape index (κ2) is 6.25. The number of amides is 3. The third-order valence-corrected chi connectivity index (χ3v) is 4.19. The van der Waals surface area contributed by atoms with Crippen molar-refractivity contribution < 1.29 is 9.59 Å². The van der Waals surface area contributed by atoms with Crippen molar-refractivity contribution in [1.29, 1.82) is 0 Å². The van der Waals surface area contributed by atoms with Crippen molar-refractivity contribution in [3.63, 3.8) is 0 Å². The first-order valence-electron chi connectivity index (χ1n) is 5.39. The van der Waals surface area contributed by atoms with E-state index in [1.807, 2.05) is 0 Å². The molecule has 5 nitrogen and oxygen atoms in total. The molecule has 0 bridgehead atoms. The summed E-state index contributed by atoms with van der Waals surface area (Å²) in [6, 6.07) is 8.95. The van der Waals surface area contributed by atoms with Gasteiger partial charge in [-0.05, 0) is 52.3 Å². The smallest absolute Gasteiger partial charge is 0.338 e. The molecule has 0 saturated carbocycles. The van der Waals surface area contributed by atoms with E-state index in [-0.39, 0.29) is 0 Å². The number of nitrogens with one attached hydrogen (secondary N) is 1. The molecule has 0 aliphatic heterocycles. The highest BCUT2D eigenvalue weighted by Gasteiger charge is 2.17. The molecule has 0 aliphatic rings. The summed E-state index contributed by atoms with van der Waals surface area (Å²) in [5.74, 6) is -0.422. The maximum Gasteiger partial charge on any atom is 0.338 e. The van der Waals surface area contributed by atoms with E-state index in [2.05, 4.69) is 21.4 Å². The summed E-state index contributed by atoms with van der Waals surface area (Å²) in [6.07, 6.45) is 0. The minimum Gasteiger partial charge on any atom is -0.350 e. The molecule has 2 rings (SSSR count). The first-order valence-corrected chi connectivity index (χ1v) is 7.37. The van der Waals surface area contributed by atoms with E-state index >= 15 is 0 Å². The van der Waals surface area contributed by atoms with Gasteiger partial charge in [-0.3, -0.25) is 10.2 Å². The number of hydrazine groups is 1. The summed E-state index contributed by atoms with van der Waals surface area (Å²) >= 11 is 10.3. The summed E-state index contributed by atoms with van der Waals surface area (Å²) in [5.41, 5.74) is 8.14. The molecule has 2 aromatic rings. The van der Waals surface area contributed by atoms with Gasteiger partial charge in [-0.2, -0.15) is 0 Å². The van der Waals surface area contributed by atoms with Crippen molar-refractivity contribution in [2.45, 2.75) is 0 Å². The van der Waals surface area contributed by atoms with Crippen LogP contribution in [0.3, 0.4) is 0 Å².